The molecule has 202 valence electrons. The van der Waals surface area contributed by atoms with Crippen LogP contribution < -0.4 is 10.1 Å². The molecule has 2 aromatic carbocycles. The molecule has 0 radical (unpaired) electrons. The average molecular weight is 604 g/mol. The maximum atomic E-state index is 12.9. The second-order valence-corrected chi connectivity index (χ2v) is 10.9. The van der Waals surface area contributed by atoms with Crippen molar-refractivity contribution in [1.29, 1.82) is 0 Å². The number of hydrogen-bond donors (Lipinski definition) is 1. The largest absolute Gasteiger partial charge is 0.485 e. The molecule has 0 spiro atoms. The summed E-state index contributed by atoms with van der Waals surface area (Å²) in [6.07, 6.45) is 1.72. The molecule has 4 aromatic rings. The third kappa shape index (κ3) is 7.02. The third-order valence-corrected chi connectivity index (χ3v) is 7.87. The number of nitrogens with zero attached hydrogens (tertiary/aromatic N) is 3. The molecular formula is C27H24Cl2N4O4S2. The summed E-state index contributed by atoms with van der Waals surface area (Å²) in [5.41, 5.74) is 2.63. The average Bonchev–Trinajstić information content (AvgIpc) is 3.51. The third-order valence-electron chi connectivity index (χ3n) is 5.52. The highest BCUT2D eigenvalue weighted by Crippen LogP contribution is 2.37. The predicted molar refractivity (Wildman–Crippen MR) is 156 cm³/mol. The van der Waals surface area contributed by atoms with Gasteiger partial charge in [-0.2, -0.15) is 0 Å². The molecule has 12 heteroatoms. The van der Waals surface area contributed by atoms with E-state index in [1.54, 1.807) is 47.9 Å². The number of anilines is 1. The van der Waals surface area contributed by atoms with Gasteiger partial charge in [-0.15, -0.1) is 28.1 Å². The highest BCUT2D eigenvalue weighted by Gasteiger charge is 2.23. The van der Waals surface area contributed by atoms with E-state index in [2.05, 4.69) is 22.1 Å². The number of nitrogens with one attached hydrogen (secondary N) is 1. The highest BCUT2D eigenvalue weighted by atomic mass is 35.5. The molecule has 0 fully saturated rings. The lowest BCUT2D eigenvalue weighted by Crippen LogP contribution is -2.16. The number of esters is 1. The zero-order chi connectivity index (χ0) is 27.9. The second kappa shape index (κ2) is 13.2. The molecule has 2 aromatic heterocycles. The minimum Gasteiger partial charge on any atom is -0.485 e. The fourth-order valence-electron chi connectivity index (χ4n) is 3.65. The van der Waals surface area contributed by atoms with Crippen molar-refractivity contribution in [2.45, 2.75) is 25.2 Å². The lowest BCUT2D eigenvalue weighted by Gasteiger charge is -2.11. The first kappa shape index (κ1) is 28.7. The van der Waals surface area contributed by atoms with Crippen LogP contribution in [0.25, 0.3) is 11.1 Å². The van der Waals surface area contributed by atoms with Crippen LogP contribution >= 0.6 is 46.3 Å². The number of thioether (sulfide) groups is 1. The van der Waals surface area contributed by atoms with Crippen molar-refractivity contribution in [3.8, 4) is 16.9 Å². The Labute approximate surface area is 243 Å². The lowest BCUT2D eigenvalue weighted by molar-refractivity contribution is -0.113. The van der Waals surface area contributed by atoms with Crippen molar-refractivity contribution in [1.82, 2.24) is 14.8 Å². The first-order valence-electron chi connectivity index (χ1n) is 11.6. The standard InChI is InChI=1S/C27H24Cl2N4O4S2/c1-4-11-33-22(13-37-21-10-9-19(29)12-16(21)2)31-32-27(33)39-15-23(34)30-25-24(26(35)36-3)20(14-38-25)17-5-7-18(28)8-6-17/h4-10,12,14H,1,11,13,15H2,2-3H3,(H,30,34). The Morgan fingerprint density at radius 3 is 2.59 bits per heavy atom. The summed E-state index contributed by atoms with van der Waals surface area (Å²) in [7, 11) is 1.30. The van der Waals surface area contributed by atoms with Crippen molar-refractivity contribution < 1.29 is 19.1 Å². The van der Waals surface area contributed by atoms with Crippen LogP contribution in [0.4, 0.5) is 5.00 Å². The molecule has 0 aliphatic rings. The molecule has 4 rings (SSSR count). The second-order valence-electron chi connectivity index (χ2n) is 8.19. The van der Waals surface area contributed by atoms with Gasteiger partial charge >= 0.3 is 5.97 Å². The Bertz CT molecular complexity index is 1500. The fraction of sp³-hybridized carbons (Fsp3) is 0.185. The van der Waals surface area contributed by atoms with Crippen LogP contribution in [0.3, 0.4) is 0 Å². The first-order valence-corrected chi connectivity index (χ1v) is 14.2. The molecular weight excluding hydrogens is 579 g/mol. The summed E-state index contributed by atoms with van der Waals surface area (Å²) in [4.78, 5) is 25.5. The normalized spacial score (nSPS) is 10.8. The molecule has 0 aliphatic carbocycles. The minimum absolute atomic E-state index is 0.0429. The fourth-order valence-corrected chi connectivity index (χ4v) is 5.74. The van der Waals surface area contributed by atoms with Crippen LogP contribution in [-0.2, 0) is 22.7 Å². The number of aryl methyl sites for hydroxylation is 1. The van der Waals surface area contributed by atoms with Gasteiger partial charge in [0.15, 0.2) is 11.0 Å². The summed E-state index contributed by atoms with van der Waals surface area (Å²) in [5, 5.41) is 15.3. The Kier molecular flexibility index (Phi) is 9.68. The monoisotopic (exact) mass is 602 g/mol. The molecule has 1 amide bonds. The number of aromatic nitrogens is 3. The molecule has 0 bridgehead atoms. The maximum absolute atomic E-state index is 12.9. The van der Waals surface area contributed by atoms with E-state index >= 15 is 0 Å². The number of carbonyl (C=O) groups excluding carboxylic acids is 2. The van der Waals surface area contributed by atoms with E-state index in [1.165, 1.54) is 30.2 Å². The summed E-state index contributed by atoms with van der Waals surface area (Å²) in [6, 6.07) is 12.5. The molecule has 0 unspecified atom stereocenters. The smallest absolute Gasteiger partial charge is 0.341 e. The van der Waals surface area contributed by atoms with Crippen molar-refractivity contribution in [3.05, 3.63) is 87.5 Å². The zero-order valence-electron chi connectivity index (χ0n) is 21.1. The number of rotatable bonds is 11. The van der Waals surface area contributed by atoms with Gasteiger partial charge in [-0.1, -0.05) is 53.2 Å². The number of hydrogen-bond acceptors (Lipinski definition) is 8. The van der Waals surface area contributed by atoms with E-state index < -0.39 is 5.97 Å². The van der Waals surface area contributed by atoms with Crippen LogP contribution in [0.2, 0.25) is 10.0 Å². The van der Waals surface area contributed by atoms with E-state index in [1.807, 2.05) is 17.6 Å². The lowest BCUT2D eigenvalue weighted by atomic mass is 10.0. The molecule has 8 nitrogen and oxygen atoms in total. The van der Waals surface area contributed by atoms with E-state index in [0.29, 0.717) is 43.9 Å². The Hall–Kier alpha value is -3.31. The van der Waals surface area contributed by atoms with Gasteiger partial charge in [0, 0.05) is 27.5 Å². The molecule has 2 heterocycles. The van der Waals surface area contributed by atoms with Gasteiger partial charge in [0.05, 0.1) is 12.9 Å². The van der Waals surface area contributed by atoms with Crippen LogP contribution in [0.1, 0.15) is 21.7 Å². The highest BCUT2D eigenvalue weighted by molar-refractivity contribution is 7.99. The Morgan fingerprint density at radius 1 is 1.15 bits per heavy atom. The van der Waals surface area contributed by atoms with Crippen LogP contribution in [-0.4, -0.2) is 39.5 Å². The number of ether oxygens (including phenoxy) is 2. The summed E-state index contributed by atoms with van der Waals surface area (Å²) >= 11 is 14.5. The molecule has 0 atom stereocenters. The van der Waals surface area contributed by atoms with Gasteiger partial charge in [0.1, 0.15) is 22.9 Å². The maximum Gasteiger partial charge on any atom is 0.341 e. The summed E-state index contributed by atoms with van der Waals surface area (Å²) in [6.45, 7) is 6.34. The number of thiophene rings is 1. The number of methoxy groups -OCH3 is 1. The SMILES string of the molecule is C=CCn1c(COc2ccc(Cl)cc2C)nnc1SCC(=O)Nc1scc(-c2ccc(Cl)cc2)c1C(=O)OC. The predicted octanol–water partition coefficient (Wildman–Crippen LogP) is 6.90. The molecule has 0 saturated carbocycles. The number of allylic oxidation sites excluding steroid dienone is 1. The van der Waals surface area contributed by atoms with Crippen molar-refractivity contribution in [3.63, 3.8) is 0 Å². The van der Waals surface area contributed by atoms with Gasteiger partial charge in [0.2, 0.25) is 5.91 Å². The Morgan fingerprint density at radius 2 is 1.90 bits per heavy atom. The molecule has 1 N–H and O–H groups in total. The first-order chi connectivity index (χ1) is 18.8. The number of halogens is 2. The van der Waals surface area contributed by atoms with Crippen molar-refractivity contribution >= 4 is 63.2 Å². The van der Waals surface area contributed by atoms with Gasteiger partial charge in [-0.25, -0.2) is 4.79 Å². The van der Waals surface area contributed by atoms with E-state index in [-0.39, 0.29) is 23.8 Å². The quantitative estimate of drug-likeness (QED) is 0.113. The number of benzene rings is 2. The van der Waals surface area contributed by atoms with Crippen LogP contribution in [0.5, 0.6) is 5.75 Å². The topological polar surface area (TPSA) is 95.3 Å². The number of carbonyl (C=O) groups is 2. The van der Waals surface area contributed by atoms with Crippen molar-refractivity contribution in [2.24, 2.45) is 0 Å². The zero-order valence-corrected chi connectivity index (χ0v) is 24.2. The van der Waals surface area contributed by atoms with E-state index in [0.717, 1.165) is 11.1 Å². The molecule has 39 heavy (non-hydrogen) atoms. The van der Waals surface area contributed by atoms with E-state index in [9.17, 15) is 9.59 Å². The van der Waals surface area contributed by atoms with Gasteiger partial charge in [0.25, 0.3) is 0 Å². The molecule has 0 aliphatic heterocycles. The summed E-state index contributed by atoms with van der Waals surface area (Å²) in [5.74, 6) is 0.469. The van der Waals surface area contributed by atoms with Crippen LogP contribution in [0.15, 0.2) is 65.7 Å². The Balaban J connectivity index is 1.45. The molecule has 0 saturated heterocycles. The van der Waals surface area contributed by atoms with Crippen molar-refractivity contribution in [2.75, 3.05) is 18.2 Å². The van der Waals surface area contributed by atoms with Crippen LogP contribution in [0, 0.1) is 6.92 Å². The minimum atomic E-state index is -0.546. The number of amides is 1. The van der Waals surface area contributed by atoms with Gasteiger partial charge < -0.3 is 14.8 Å². The summed E-state index contributed by atoms with van der Waals surface area (Å²) < 4.78 is 12.7. The van der Waals surface area contributed by atoms with Gasteiger partial charge in [-0.3, -0.25) is 9.36 Å². The van der Waals surface area contributed by atoms with E-state index in [4.69, 9.17) is 32.7 Å². The van der Waals surface area contributed by atoms with Gasteiger partial charge in [-0.05, 0) is 48.4 Å².